The third-order valence-electron chi connectivity index (χ3n) is 3.32. The van der Waals surface area contributed by atoms with E-state index >= 15 is 0 Å². The third-order valence-corrected chi connectivity index (χ3v) is 3.32. The van der Waals surface area contributed by atoms with Crippen molar-refractivity contribution < 1.29 is 13.9 Å². The van der Waals surface area contributed by atoms with Gasteiger partial charge in [-0.15, -0.1) is 0 Å². The minimum Gasteiger partial charge on any atom is -0.384 e. The van der Waals surface area contributed by atoms with Gasteiger partial charge in [0, 0.05) is 12.6 Å². The highest BCUT2D eigenvalue weighted by atomic mass is 19.1. The van der Waals surface area contributed by atoms with Crippen molar-refractivity contribution in [1.29, 1.82) is 0 Å². The number of halogens is 2. The zero-order valence-corrected chi connectivity index (χ0v) is 9.37. The lowest BCUT2D eigenvalue weighted by atomic mass is 9.90. The van der Waals surface area contributed by atoms with Crippen molar-refractivity contribution in [2.75, 3.05) is 13.6 Å². The number of hydrogen-bond donors (Lipinski definition) is 1. The Bertz CT molecular complexity index is 378. The SMILES string of the molecule is CC1CC(O)(c2c(F)cccc2F)CN1C. The summed E-state index contributed by atoms with van der Waals surface area (Å²) in [6.07, 6.45) is 0.349. The third kappa shape index (κ3) is 1.72. The van der Waals surface area contributed by atoms with Crippen LogP contribution in [0.4, 0.5) is 8.78 Å². The van der Waals surface area contributed by atoms with E-state index in [9.17, 15) is 13.9 Å². The minimum absolute atomic E-state index is 0.115. The van der Waals surface area contributed by atoms with Gasteiger partial charge in [-0.3, -0.25) is 0 Å². The maximum absolute atomic E-state index is 13.6. The summed E-state index contributed by atoms with van der Waals surface area (Å²) in [5, 5.41) is 10.3. The van der Waals surface area contributed by atoms with E-state index in [2.05, 4.69) is 0 Å². The van der Waals surface area contributed by atoms with Gasteiger partial charge in [-0.1, -0.05) is 6.07 Å². The van der Waals surface area contributed by atoms with Crippen molar-refractivity contribution in [3.05, 3.63) is 35.4 Å². The molecular weight excluding hydrogens is 212 g/mol. The Kier molecular flexibility index (Phi) is 2.72. The standard InChI is InChI=1S/C12H15F2NO/c1-8-6-12(16,7-15(8)2)11-9(13)4-3-5-10(11)14/h3-5,8,16H,6-7H2,1-2H3. The quantitative estimate of drug-likeness (QED) is 0.791. The first kappa shape index (κ1) is 11.5. The van der Waals surface area contributed by atoms with E-state index in [1.807, 2.05) is 18.9 Å². The average Bonchev–Trinajstić information content (AvgIpc) is 2.40. The molecule has 0 saturated carbocycles. The van der Waals surface area contributed by atoms with E-state index in [0.29, 0.717) is 6.42 Å². The van der Waals surface area contributed by atoms with Crippen LogP contribution in [-0.2, 0) is 5.60 Å². The summed E-state index contributed by atoms with van der Waals surface area (Å²) in [6, 6.07) is 3.78. The fraction of sp³-hybridized carbons (Fsp3) is 0.500. The van der Waals surface area contributed by atoms with Crippen LogP contribution in [0.15, 0.2) is 18.2 Å². The normalized spacial score (nSPS) is 30.9. The number of likely N-dealkylation sites (tertiary alicyclic amines) is 1. The first-order valence-corrected chi connectivity index (χ1v) is 5.31. The lowest BCUT2D eigenvalue weighted by Crippen LogP contribution is -2.31. The molecule has 2 nitrogen and oxygen atoms in total. The molecule has 1 N–H and O–H groups in total. The van der Waals surface area contributed by atoms with Gasteiger partial charge in [0.25, 0.3) is 0 Å². The second kappa shape index (κ2) is 3.79. The molecule has 0 radical (unpaired) electrons. The number of benzene rings is 1. The molecule has 0 amide bonds. The van der Waals surface area contributed by atoms with Crippen LogP contribution in [-0.4, -0.2) is 29.6 Å². The van der Waals surface area contributed by atoms with E-state index in [0.717, 1.165) is 0 Å². The highest BCUT2D eigenvalue weighted by Gasteiger charge is 2.43. The van der Waals surface area contributed by atoms with E-state index in [-0.39, 0.29) is 18.2 Å². The van der Waals surface area contributed by atoms with Gasteiger partial charge in [0.2, 0.25) is 0 Å². The largest absolute Gasteiger partial charge is 0.384 e. The van der Waals surface area contributed by atoms with Crippen molar-refractivity contribution in [3.63, 3.8) is 0 Å². The van der Waals surface area contributed by atoms with E-state index in [4.69, 9.17) is 0 Å². The summed E-state index contributed by atoms with van der Waals surface area (Å²) in [4.78, 5) is 1.89. The van der Waals surface area contributed by atoms with E-state index in [1.54, 1.807) is 0 Å². The molecule has 1 fully saturated rings. The molecule has 2 atom stereocenters. The molecular formula is C12H15F2NO. The molecule has 2 rings (SSSR count). The molecule has 1 aliphatic rings. The molecule has 0 aromatic heterocycles. The fourth-order valence-corrected chi connectivity index (χ4v) is 2.40. The summed E-state index contributed by atoms with van der Waals surface area (Å²) < 4.78 is 27.2. The molecule has 88 valence electrons. The Morgan fingerprint density at radius 2 is 1.94 bits per heavy atom. The second-order valence-corrected chi connectivity index (χ2v) is 4.60. The molecule has 0 spiro atoms. The maximum atomic E-state index is 13.6. The monoisotopic (exact) mass is 227 g/mol. The lowest BCUT2D eigenvalue weighted by Gasteiger charge is -2.23. The highest BCUT2D eigenvalue weighted by Crippen LogP contribution is 2.37. The maximum Gasteiger partial charge on any atom is 0.132 e. The van der Waals surface area contributed by atoms with Crippen molar-refractivity contribution in [2.45, 2.75) is 25.0 Å². The van der Waals surface area contributed by atoms with Crippen molar-refractivity contribution in [3.8, 4) is 0 Å². The zero-order chi connectivity index (χ0) is 11.9. The van der Waals surface area contributed by atoms with Gasteiger partial charge >= 0.3 is 0 Å². The number of aliphatic hydroxyl groups is 1. The van der Waals surface area contributed by atoms with Crippen LogP contribution in [0.5, 0.6) is 0 Å². The van der Waals surface area contributed by atoms with Crippen LogP contribution in [0.2, 0.25) is 0 Å². The number of likely N-dealkylation sites (N-methyl/N-ethyl adjacent to an activating group) is 1. The van der Waals surface area contributed by atoms with Crippen LogP contribution < -0.4 is 0 Å². The van der Waals surface area contributed by atoms with Gasteiger partial charge in [-0.2, -0.15) is 0 Å². The fourth-order valence-electron chi connectivity index (χ4n) is 2.40. The van der Waals surface area contributed by atoms with E-state index < -0.39 is 17.2 Å². The number of hydrogen-bond acceptors (Lipinski definition) is 2. The first-order valence-electron chi connectivity index (χ1n) is 5.31. The zero-order valence-electron chi connectivity index (χ0n) is 9.37. The van der Waals surface area contributed by atoms with Gasteiger partial charge in [0.1, 0.15) is 17.2 Å². The Labute approximate surface area is 93.5 Å². The van der Waals surface area contributed by atoms with Gasteiger partial charge in [-0.05, 0) is 32.5 Å². The Morgan fingerprint density at radius 1 is 1.38 bits per heavy atom. The van der Waals surface area contributed by atoms with E-state index in [1.165, 1.54) is 18.2 Å². The minimum atomic E-state index is -1.41. The van der Waals surface area contributed by atoms with Crippen LogP contribution in [0, 0.1) is 11.6 Å². The second-order valence-electron chi connectivity index (χ2n) is 4.60. The smallest absolute Gasteiger partial charge is 0.132 e. The van der Waals surface area contributed by atoms with Crippen molar-refractivity contribution in [1.82, 2.24) is 4.90 Å². The summed E-state index contributed by atoms with van der Waals surface area (Å²) in [7, 11) is 1.83. The number of β-amino-alcohol motifs (C(OH)–C–C–N with tert-alkyl or cyclic N) is 1. The lowest BCUT2D eigenvalue weighted by molar-refractivity contribution is 0.0410. The molecule has 4 heteroatoms. The molecule has 1 aromatic carbocycles. The summed E-state index contributed by atoms with van der Waals surface area (Å²) in [5.74, 6) is -1.35. The molecule has 1 saturated heterocycles. The number of rotatable bonds is 1. The highest BCUT2D eigenvalue weighted by molar-refractivity contribution is 5.28. The van der Waals surface area contributed by atoms with Crippen LogP contribution in [0.25, 0.3) is 0 Å². The van der Waals surface area contributed by atoms with Crippen LogP contribution in [0.3, 0.4) is 0 Å². The van der Waals surface area contributed by atoms with Gasteiger partial charge < -0.3 is 10.0 Å². The predicted octanol–water partition coefficient (Wildman–Crippen LogP) is 1.88. The Morgan fingerprint density at radius 3 is 2.38 bits per heavy atom. The van der Waals surface area contributed by atoms with Crippen molar-refractivity contribution in [2.24, 2.45) is 0 Å². The molecule has 2 unspecified atom stereocenters. The Hall–Kier alpha value is -1.00. The molecule has 16 heavy (non-hydrogen) atoms. The number of nitrogens with zero attached hydrogens (tertiary/aromatic N) is 1. The van der Waals surface area contributed by atoms with Gasteiger partial charge in [0.05, 0.1) is 5.56 Å². The molecule has 1 aromatic rings. The van der Waals surface area contributed by atoms with Gasteiger partial charge in [-0.25, -0.2) is 8.78 Å². The summed E-state index contributed by atoms with van der Waals surface area (Å²) in [6.45, 7) is 2.18. The molecule has 1 aliphatic heterocycles. The molecule has 0 bridgehead atoms. The van der Waals surface area contributed by atoms with Gasteiger partial charge in [0.15, 0.2) is 0 Å². The van der Waals surface area contributed by atoms with Crippen LogP contribution >= 0.6 is 0 Å². The average molecular weight is 227 g/mol. The summed E-state index contributed by atoms with van der Waals surface area (Å²) in [5.41, 5.74) is -1.62. The Balaban J connectivity index is 2.45. The molecule has 1 heterocycles. The first-order chi connectivity index (χ1) is 7.44. The summed E-state index contributed by atoms with van der Waals surface area (Å²) >= 11 is 0. The van der Waals surface area contributed by atoms with Crippen LogP contribution in [0.1, 0.15) is 18.9 Å². The topological polar surface area (TPSA) is 23.5 Å². The predicted molar refractivity (Wildman–Crippen MR) is 57.0 cm³/mol. The van der Waals surface area contributed by atoms with Crippen molar-refractivity contribution >= 4 is 0 Å². The molecule has 0 aliphatic carbocycles.